The smallest absolute Gasteiger partial charge is 0.157 e. The Kier molecular flexibility index (Phi) is 4.66. The Hall–Kier alpha value is -3.10. The summed E-state index contributed by atoms with van der Waals surface area (Å²) >= 11 is 7.93. The van der Waals surface area contributed by atoms with Gasteiger partial charge in [-0.3, -0.25) is 9.38 Å². The predicted molar refractivity (Wildman–Crippen MR) is 140 cm³/mol. The molecule has 0 radical (unpaired) electrons. The fourth-order valence-electron chi connectivity index (χ4n) is 5.74. The average molecular weight is 502 g/mol. The van der Waals surface area contributed by atoms with Gasteiger partial charge >= 0.3 is 0 Å². The van der Waals surface area contributed by atoms with Gasteiger partial charge in [0.15, 0.2) is 11.5 Å². The molecular weight excluding hydrogens is 478 g/mol. The molecule has 0 atom stereocenters. The van der Waals surface area contributed by atoms with E-state index in [1.54, 1.807) is 18.0 Å². The number of nitrogen functional groups attached to an aromatic ring is 1. The van der Waals surface area contributed by atoms with Crippen molar-refractivity contribution < 1.29 is 0 Å². The van der Waals surface area contributed by atoms with Crippen LogP contribution in [-0.4, -0.2) is 37.4 Å². The van der Waals surface area contributed by atoms with E-state index in [-0.39, 0.29) is 0 Å². The molecule has 1 aliphatic heterocycles. The van der Waals surface area contributed by atoms with Crippen LogP contribution < -0.4 is 10.6 Å². The number of aromatic nitrogens is 5. The first kappa shape index (κ1) is 21.2. The Morgan fingerprint density at radius 2 is 1.86 bits per heavy atom. The lowest BCUT2D eigenvalue weighted by Gasteiger charge is -2.39. The van der Waals surface area contributed by atoms with Gasteiger partial charge in [-0.15, -0.1) is 0 Å². The quantitative estimate of drug-likeness (QED) is 0.364. The molecule has 7 rings (SSSR count). The number of nitrogens with two attached hydrogens (primary N) is 1. The number of piperidine rings is 1. The summed E-state index contributed by atoms with van der Waals surface area (Å²) in [5, 5.41) is 0.472. The maximum absolute atomic E-state index is 6.39. The van der Waals surface area contributed by atoms with E-state index >= 15 is 0 Å². The number of imidazole rings is 2. The van der Waals surface area contributed by atoms with E-state index in [4.69, 9.17) is 32.3 Å². The summed E-state index contributed by atoms with van der Waals surface area (Å²) in [7, 11) is 0. The van der Waals surface area contributed by atoms with Gasteiger partial charge in [-0.2, -0.15) is 0 Å². The van der Waals surface area contributed by atoms with Crippen LogP contribution in [-0.2, 0) is 12.8 Å². The van der Waals surface area contributed by atoms with Crippen molar-refractivity contribution in [2.75, 3.05) is 23.7 Å². The number of halogens is 1. The Morgan fingerprint density at radius 3 is 2.71 bits per heavy atom. The molecule has 1 fully saturated rings. The van der Waals surface area contributed by atoms with Crippen LogP contribution in [0, 0.1) is 12.3 Å². The third-order valence-corrected chi connectivity index (χ3v) is 9.19. The van der Waals surface area contributed by atoms with Crippen molar-refractivity contribution in [3.8, 4) is 0 Å². The SMILES string of the molecule is Cc1ccc2c(n1)CC1(CCN(c3nc4ccc(Sc5ccnc(N)c5Cl)c5ncc3n45)CC1)C2. The van der Waals surface area contributed by atoms with Crippen molar-refractivity contribution in [2.45, 2.75) is 42.4 Å². The number of hydrogen-bond donors (Lipinski definition) is 1. The van der Waals surface area contributed by atoms with E-state index in [1.165, 1.54) is 11.3 Å². The maximum Gasteiger partial charge on any atom is 0.157 e. The second-order valence-electron chi connectivity index (χ2n) is 9.80. The van der Waals surface area contributed by atoms with Gasteiger partial charge in [0, 0.05) is 35.6 Å². The number of aryl methyl sites for hydroxylation is 1. The molecule has 0 saturated carbocycles. The first-order valence-corrected chi connectivity index (χ1v) is 13.1. The zero-order valence-corrected chi connectivity index (χ0v) is 20.9. The number of fused-ring (bicyclic) bond motifs is 1. The highest BCUT2D eigenvalue weighted by Gasteiger charge is 2.41. The number of nitrogens with zero attached hydrogens (tertiary/aromatic N) is 6. The van der Waals surface area contributed by atoms with Crippen LogP contribution in [0.2, 0.25) is 5.02 Å². The molecule has 2 N–H and O–H groups in total. The number of rotatable bonds is 3. The molecule has 176 valence electrons. The zero-order chi connectivity index (χ0) is 23.7. The highest BCUT2D eigenvalue weighted by atomic mass is 35.5. The monoisotopic (exact) mass is 501 g/mol. The molecule has 7 nitrogen and oxygen atoms in total. The van der Waals surface area contributed by atoms with Crippen molar-refractivity contribution in [3.05, 3.63) is 64.7 Å². The van der Waals surface area contributed by atoms with Gasteiger partial charge in [0.25, 0.3) is 0 Å². The Balaban J connectivity index is 1.16. The molecule has 2 aliphatic rings. The zero-order valence-electron chi connectivity index (χ0n) is 19.3. The third-order valence-electron chi connectivity index (χ3n) is 7.58. The van der Waals surface area contributed by atoms with Crippen LogP contribution in [0.5, 0.6) is 0 Å². The van der Waals surface area contributed by atoms with Gasteiger partial charge in [-0.05, 0) is 67.9 Å². The second-order valence-corrected chi connectivity index (χ2v) is 11.3. The maximum atomic E-state index is 6.39. The van der Waals surface area contributed by atoms with Crippen molar-refractivity contribution in [1.82, 2.24) is 24.3 Å². The van der Waals surface area contributed by atoms with Crippen molar-refractivity contribution >= 4 is 51.8 Å². The van der Waals surface area contributed by atoms with E-state index in [9.17, 15) is 0 Å². The van der Waals surface area contributed by atoms with Crippen molar-refractivity contribution in [1.29, 1.82) is 0 Å². The minimum Gasteiger partial charge on any atom is -0.382 e. The summed E-state index contributed by atoms with van der Waals surface area (Å²) in [6.45, 7) is 4.09. The molecule has 5 aromatic heterocycles. The Bertz CT molecular complexity index is 1590. The van der Waals surface area contributed by atoms with E-state index < -0.39 is 0 Å². The molecular formula is C26H24ClN7S. The fraction of sp³-hybridized carbons (Fsp3) is 0.308. The summed E-state index contributed by atoms with van der Waals surface area (Å²) < 4.78 is 2.15. The Morgan fingerprint density at radius 1 is 1.00 bits per heavy atom. The summed E-state index contributed by atoms with van der Waals surface area (Å²) in [4.78, 5) is 23.0. The van der Waals surface area contributed by atoms with E-state index in [0.717, 1.165) is 76.9 Å². The Labute approximate surface area is 212 Å². The summed E-state index contributed by atoms with van der Waals surface area (Å²) in [6.07, 6.45) is 8.18. The molecule has 6 heterocycles. The van der Waals surface area contributed by atoms with Crippen LogP contribution in [0.25, 0.3) is 16.8 Å². The highest BCUT2D eigenvalue weighted by molar-refractivity contribution is 7.99. The molecule has 0 unspecified atom stereocenters. The van der Waals surface area contributed by atoms with Crippen molar-refractivity contribution in [3.63, 3.8) is 0 Å². The first-order chi connectivity index (χ1) is 17.0. The van der Waals surface area contributed by atoms with Crippen LogP contribution >= 0.6 is 23.4 Å². The van der Waals surface area contributed by atoms with E-state index in [2.05, 4.69) is 45.5 Å². The first-order valence-electron chi connectivity index (χ1n) is 11.9. The lowest BCUT2D eigenvalue weighted by Crippen LogP contribution is -2.41. The average Bonchev–Trinajstić information content (AvgIpc) is 3.54. The lowest BCUT2D eigenvalue weighted by atomic mass is 9.76. The molecule has 5 aromatic rings. The number of anilines is 2. The topological polar surface area (TPSA) is 85.2 Å². The highest BCUT2D eigenvalue weighted by Crippen LogP contribution is 2.45. The molecule has 0 aromatic carbocycles. The summed E-state index contributed by atoms with van der Waals surface area (Å²) in [5.74, 6) is 1.36. The van der Waals surface area contributed by atoms with Gasteiger partial charge in [-0.25, -0.2) is 15.0 Å². The van der Waals surface area contributed by atoms with Crippen LogP contribution in [0.15, 0.2) is 52.5 Å². The van der Waals surface area contributed by atoms with Gasteiger partial charge in [-0.1, -0.05) is 29.4 Å². The number of hydrogen-bond acceptors (Lipinski definition) is 7. The van der Waals surface area contributed by atoms with Crippen molar-refractivity contribution in [2.24, 2.45) is 5.41 Å². The molecule has 35 heavy (non-hydrogen) atoms. The molecule has 9 heteroatoms. The lowest BCUT2D eigenvalue weighted by molar-refractivity contribution is 0.231. The standard InChI is InChI=1S/C26H24ClN7S/c1-15-2-3-16-12-26(13-17(16)31-15)7-10-33(11-8-26)24-18-14-30-25-20(4-5-21(32-24)34(18)25)35-19-6-9-29-23(28)22(19)27/h2-6,9,14H,7-8,10-13H2,1H3,(H2,28,29). The fourth-order valence-corrected chi connectivity index (χ4v) is 6.90. The molecule has 0 bridgehead atoms. The second kappa shape index (κ2) is 7.70. The van der Waals surface area contributed by atoms with E-state index in [0.29, 0.717) is 16.3 Å². The van der Waals surface area contributed by atoms with E-state index in [1.807, 2.05) is 12.3 Å². The van der Waals surface area contributed by atoms with Gasteiger partial charge in [0.05, 0.1) is 16.1 Å². The predicted octanol–water partition coefficient (Wildman–Crippen LogP) is 5.19. The molecule has 1 saturated heterocycles. The minimum absolute atomic E-state index is 0.336. The van der Waals surface area contributed by atoms with Crippen LogP contribution in [0.4, 0.5) is 11.6 Å². The minimum atomic E-state index is 0.336. The third kappa shape index (κ3) is 3.34. The molecule has 0 amide bonds. The summed E-state index contributed by atoms with van der Waals surface area (Å²) in [5.41, 5.74) is 13.0. The van der Waals surface area contributed by atoms with Gasteiger partial charge in [0.1, 0.15) is 17.0 Å². The summed E-state index contributed by atoms with van der Waals surface area (Å²) in [6, 6.07) is 10.4. The van der Waals surface area contributed by atoms with Gasteiger partial charge < -0.3 is 10.6 Å². The molecule has 1 spiro atoms. The van der Waals surface area contributed by atoms with Crippen LogP contribution in [0.3, 0.4) is 0 Å². The van der Waals surface area contributed by atoms with Gasteiger partial charge in [0.2, 0.25) is 0 Å². The largest absolute Gasteiger partial charge is 0.382 e. The normalized spacial score (nSPS) is 17.1. The van der Waals surface area contributed by atoms with Crippen LogP contribution in [0.1, 0.15) is 29.8 Å². The molecule has 1 aliphatic carbocycles. The number of pyridine rings is 3.